The molecule has 1 atom stereocenters. The lowest BCUT2D eigenvalue weighted by molar-refractivity contribution is -0.130. The van der Waals surface area contributed by atoms with Crippen molar-refractivity contribution in [3.63, 3.8) is 0 Å². The second-order valence-corrected chi connectivity index (χ2v) is 7.33. The van der Waals surface area contributed by atoms with Crippen LogP contribution in [0.5, 0.6) is 0 Å². The van der Waals surface area contributed by atoms with Crippen LogP contribution in [-0.2, 0) is 11.2 Å². The van der Waals surface area contributed by atoms with Crippen LogP contribution >= 0.6 is 0 Å². The number of unbranched alkanes of at least 4 members (excludes halogenated alkanes) is 3. The first kappa shape index (κ1) is 16.5. The lowest BCUT2D eigenvalue weighted by Gasteiger charge is -2.25. The highest BCUT2D eigenvalue weighted by molar-refractivity contribution is 5.76. The minimum absolute atomic E-state index is 0.392. The van der Waals surface area contributed by atoms with E-state index in [9.17, 15) is 4.79 Å². The number of benzene rings is 1. The highest BCUT2D eigenvalue weighted by Crippen LogP contribution is 2.35. The number of aryl methyl sites for hydroxylation is 1. The third-order valence-corrected chi connectivity index (χ3v) is 5.65. The van der Waals surface area contributed by atoms with Gasteiger partial charge < -0.3 is 4.90 Å². The second kappa shape index (κ2) is 8.52. The predicted molar refractivity (Wildman–Crippen MR) is 95.6 cm³/mol. The molecule has 0 radical (unpaired) electrons. The van der Waals surface area contributed by atoms with Gasteiger partial charge in [-0.15, -0.1) is 0 Å². The lowest BCUT2D eigenvalue weighted by atomic mass is 9.80. The van der Waals surface area contributed by atoms with Crippen LogP contribution in [0.2, 0.25) is 0 Å². The van der Waals surface area contributed by atoms with Gasteiger partial charge in [-0.25, -0.2) is 0 Å². The maximum atomic E-state index is 12.0. The third-order valence-electron chi connectivity index (χ3n) is 5.65. The SMILES string of the molecule is O=C(CCCCCCC1CCCc2ccccc21)N1CCCC1. The number of amides is 1. The number of carbonyl (C=O) groups excluding carboxylic acids is 1. The van der Waals surface area contributed by atoms with Gasteiger partial charge in [0.1, 0.15) is 0 Å². The first-order chi connectivity index (χ1) is 11.3. The molecule has 0 bridgehead atoms. The van der Waals surface area contributed by atoms with E-state index in [4.69, 9.17) is 0 Å². The number of carbonyl (C=O) groups is 1. The highest BCUT2D eigenvalue weighted by atomic mass is 16.2. The monoisotopic (exact) mass is 313 g/mol. The molecule has 2 aliphatic rings. The Morgan fingerprint density at radius 1 is 1.00 bits per heavy atom. The summed E-state index contributed by atoms with van der Waals surface area (Å²) in [4.78, 5) is 14.0. The smallest absolute Gasteiger partial charge is 0.222 e. The molecular formula is C21H31NO. The number of hydrogen-bond acceptors (Lipinski definition) is 1. The zero-order chi connectivity index (χ0) is 15.9. The van der Waals surface area contributed by atoms with Crippen molar-refractivity contribution < 1.29 is 4.79 Å². The summed E-state index contributed by atoms with van der Waals surface area (Å²) in [5, 5.41) is 0. The molecule has 1 heterocycles. The van der Waals surface area contributed by atoms with Gasteiger partial charge in [-0.3, -0.25) is 4.79 Å². The van der Waals surface area contributed by atoms with Crippen molar-refractivity contribution in [1.82, 2.24) is 4.90 Å². The molecule has 126 valence electrons. The third kappa shape index (κ3) is 4.59. The molecule has 1 aromatic carbocycles. The van der Waals surface area contributed by atoms with Gasteiger partial charge in [-0.2, -0.15) is 0 Å². The quantitative estimate of drug-likeness (QED) is 0.644. The molecule has 1 aromatic rings. The Hall–Kier alpha value is -1.31. The van der Waals surface area contributed by atoms with E-state index in [1.165, 1.54) is 57.8 Å². The summed E-state index contributed by atoms with van der Waals surface area (Å²) in [7, 11) is 0. The summed E-state index contributed by atoms with van der Waals surface area (Å²) in [5.41, 5.74) is 3.20. The Morgan fingerprint density at radius 3 is 2.65 bits per heavy atom. The van der Waals surface area contributed by atoms with Gasteiger partial charge in [0.25, 0.3) is 0 Å². The fraction of sp³-hybridized carbons (Fsp3) is 0.667. The highest BCUT2D eigenvalue weighted by Gasteiger charge is 2.19. The van der Waals surface area contributed by atoms with Crippen LogP contribution in [0, 0.1) is 0 Å². The topological polar surface area (TPSA) is 20.3 Å². The summed E-state index contributed by atoms with van der Waals surface area (Å²) in [5.74, 6) is 1.18. The first-order valence-electron chi connectivity index (χ1n) is 9.70. The molecule has 1 aliphatic heterocycles. The van der Waals surface area contributed by atoms with Crippen LogP contribution in [0.25, 0.3) is 0 Å². The molecule has 1 aliphatic carbocycles. The van der Waals surface area contributed by atoms with Crippen LogP contribution in [0.4, 0.5) is 0 Å². The van der Waals surface area contributed by atoms with Crippen molar-refractivity contribution in [2.24, 2.45) is 0 Å². The van der Waals surface area contributed by atoms with Gasteiger partial charge in [0, 0.05) is 19.5 Å². The van der Waals surface area contributed by atoms with E-state index in [1.807, 2.05) is 0 Å². The summed E-state index contributed by atoms with van der Waals surface area (Å²) in [6.07, 6.45) is 13.4. The Morgan fingerprint density at radius 2 is 1.78 bits per heavy atom. The molecule has 0 N–H and O–H groups in total. The van der Waals surface area contributed by atoms with Crippen molar-refractivity contribution >= 4 is 5.91 Å². The predicted octanol–water partition coefficient (Wildman–Crippen LogP) is 5.07. The maximum absolute atomic E-state index is 12.0. The van der Waals surface area contributed by atoms with E-state index in [0.29, 0.717) is 5.91 Å². The molecular weight excluding hydrogens is 282 g/mol. The molecule has 1 unspecified atom stereocenters. The fourth-order valence-electron chi connectivity index (χ4n) is 4.30. The molecule has 2 heteroatoms. The van der Waals surface area contributed by atoms with Crippen molar-refractivity contribution in [2.45, 2.75) is 76.5 Å². The average Bonchev–Trinajstić information content (AvgIpc) is 3.12. The molecule has 0 saturated carbocycles. The standard InChI is InChI=1S/C21H31NO/c23-21(22-16-7-8-17-22)15-4-2-1-3-10-18-12-9-13-19-11-5-6-14-20(18)19/h5-6,11,14,18H,1-4,7-10,12-13,15-17H2. The maximum Gasteiger partial charge on any atom is 0.222 e. The first-order valence-corrected chi connectivity index (χ1v) is 9.70. The van der Waals surface area contributed by atoms with Gasteiger partial charge >= 0.3 is 0 Å². The zero-order valence-electron chi connectivity index (χ0n) is 14.4. The van der Waals surface area contributed by atoms with E-state index < -0.39 is 0 Å². The Kier molecular flexibility index (Phi) is 6.13. The second-order valence-electron chi connectivity index (χ2n) is 7.33. The van der Waals surface area contributed by atoms with Gasteiger partial charge in [0.15, 0.2) is 0 Å². The van der Waals surface area contributed by atoms with Crippen LogP contribution in [0.1, 0.15) is 81.3 Å². The van der Waals surface area contributed by atoms with Crippen molar-refractivity contribution in [3.8, 4) is 0 Å². The van der Waals surface area contributed by atoms with E-state index in [1.54, 1.807) is 11.1 Å². The molecule has 1 fully saturated rings. The number of hydrogen-bond donors (Lipinski definition) is 0. The van der Waals surface area contributed by atoms with Crippen molar-refractivity contribution in [3.05, 3.63) is 35.4 Å². The van der Waals surface area contributed by atoms with Gasteiger partial charge in [0.05, 0.1) is 0 Å². The van der Waals surface area contributed by atoms with Crippen molar-refractivity contribution in [1.29, 1.82) is 0 Å². The summed E-state index contributed by atoms with van der Waals surface area (Å²) in [6, 6.07) is 9.03. The molecule has 23 heavy (non-hydrogen) atoms. The average molecular weight is 313 g/mol. The van der Waals surface area contributed by atoms with Crippen molar-refractivity contribution in [2.75, 3.05) is 13.1 Å². The fourth-order valence-corrected chi connectivity index (χ4v) is 4.30. The molecule has 3 rings (SSSR count). The van der Waals surface area contributed by atoms with Gasteiger partial charge in [-0.05, 0) is 62.0 Å². The lowest BCUT2D eigenvalue weighted by Crippen LogP contribution is -2.27. The molecule has 1 amide bonds. The van der Waals surface area contributed by atoms with Gasteiger partial charge in [0.2, 0.25) is 5.91 Å². The normalized spacial score (nSPS) is 20.5. The van der Waals surface area contributed by atoms with Crippen LogP contribution < -0.4 is 0 Å². The Bertz CT molecular complexity index is 504. The molecule has 2 nitrogen and oxygen atoms in total. The van der Waals surface area contributed by atoms with E-state index in [2.05, 4.69) is 29.2 Å². The molecule has 0 spiro atoms. The number of likely N-dealkylation sites (tertiary alicyclic amines) is 1. The number of rotatable bonds is 7. The van der Waals surface area contributed by atoms with E-state index in [0.717, 1.165) is 31.8 Å². The zero-order valence-corrected chi connectivity index (χ0v) is 14.4. The van der Waals surface area contributed by atoms with Crippen LogP contribution in [0.15, 0.2) is 24.3 Å². The summed E-state index contributed by atoms with van der Waals surface area (Å²) in [6.45, 7) is 2.00. The summed E-state index contributed by atoms with van der Waals surface area (Å²) >= 11 is 0. The van der Waals surface area contributed by atoms with Crippen LogP contribution in [-0.4, -0.2) is 23.9 Å². The largest absolute Gasteiger partial charge is 0.343 e. The molecule has 0 aromatic heterocycles. The Labute approximate surface area is 141 Å². The van der Waals surface area contributed by atoms with E-state index >= 15 is 0 Å². The van der Waals surface area contributed by atoms with Crippen LogP contribution in [0.3, 0.4) is 0 Å². The number of fused-ring (bicyclic) bond motifs is 1. The minimum atomic E-state index is 0.392. The minimum Gasteiger partial charge on any atom is -0.343 e. The molecule has 1 saturated heterocycles. The Balaban J connectivity index is 1.31. The summed E-state index contributed by atoms with van der Waals surface area (Å²) < 4.78 is 0. The van der Waals surface area contributed by atoms with E-state index in [-0.39, 0.29) is 0 Å². The van der Waals surface area contributed by atoms with Gasteiger partial charge in [-0.1, -0.05) is 43.5 Å². The number of nitrogens with zero attached hydrogens (tertiary/aromatic N) is 1.